The van der Waals surface area contributed by atoms with E-state index in [1.54, 1.807) is 48.5 Å². The van der Waals surface area contributed by atoms with Crippen LogP contribution in [-0.4, -0.2) is 24.4 Å². The summed E-state index contributed by atoms with van der Waals surface area (Å²) in [6, 6.07) is 23.2. The molecule has 0 spiro atoms. The van der Waals surface area contributed by atoms with E-state index in [4.69, 9.17) is 9.47 Å². The van der Waals surface area contributed by atoms with Crippen LogP contribution in [0.5, 0.6) is 11.5 Å². The van der Waals surface area contributed by atoms with Crippen molar-refractivity contribution in [3.05, 3.63) is 83.3 Å². The van der Waals surface area contributed by atoms with Gasteiger partial charge in [0.05, 0.1) is 6.42 Å². The summed E-state index contributed by atoms with van der Waals surface area (Å²) in [5.41, 5.74) is 1.17. The highest BCUT2D eigenvalue weighted by Crippen LogP contribution is 2.22. The Labute approximate surface area is 193 Å². The van der Waals surface area contributed by atoms with Gasteiger partial charge in [-0.05, 0) is 60.7 Å². The summed E-state index contributed by atoms with van der Waals surface area (Å²) in [5, 5.41) is 5.32. The standard InChI is InChI=1S/C24H21BrN2O5/c25-17-6-8-18(9-7-17)26-22(28)14-15-24(30)31-16-23(29)27-19-10-12-21(13-11-19)32-20-4-2-1-3-5-20/h1-13H,14-16H2,(H,26,28)(H,27,29). The van der Waals surface area contributed by atoms with E-state index in [2.05, 4.69) is 26.6 Å². The molecule has 8 heteroatoms. The van der Waals surface area contributed by atoms with Crippen molar-refractivity contribution in [2.24, 2.45) is 0 Å². The van der Waals surface area contributed by atoms with Gasteiger partial charge in [0.25, 0.3) is 5.91 Å². The Kier molecular flexibility index (Phi) is 8.39. The highest BCUT2D eigenvalue weighted by Gasteiger charge is 2.11. The topological polar surface area (TPSA) is 93.7 Å². The number of ether oxygens (including phenoxy) is 2. The summed E-state index contributed by atoms with van der Waals surface area (Å²) in [7, 11) is 0. The Morgan fingerprint density at radius 1 is 0.688 bits per heavy atom. The van der Waals surface area contributed by atoms with E-state index >= 15 is 0 Å². The number of rotatable bonds is 9. The second kappa shape index (κ2) is 11.7. The maximum atomic E-state index is 12.0. The minimum absolute atomic E-state index is 0.0423. The third-order valence-corrected chi connectivity index (χ3v) is 4.69. The molecule has 0 saturated carbocycles. The molecule has 2 amide bonds. The Hall–Kier alpha value is -3.65. The monoisotopic (exact) mass is 496 g/mol. The van der Waals surface area contributed by atoms with Crippen molar-refractivity contribution in [2.75, 3.05) is 17.2 Å². The van der Waals surface area contributed by atoms with Gasteiger partial charge < -0.3 is 20.1 Å². The van der Waals surface area contributed by atoms with Crippen molar-refractivity contribution in [1.82, 2.24) is 0 Å². The Morgan fingerprint density at radius 2 is 1.25 bits per heavy atom. The van der Waals surface area contributed by atoms with Crippen LogP contribution < -0.4 is 15.4 Å². The number of anilines is 2. The molecule has 0 fully saturated rings. The number of esters is 1. The first-order valence-electron chi connectivity index (χ1n) is 9.82. The van der Waals surface area contributed by atoms with Crippen LogP contribution in [0.3, 0.4) is 0 Å². The Morgan fingerprint density at radius 3 is 1.91 bits per heavy atom. The third-order valence-electron chi connectivity index (χ3n) is 4.17. The fraction of sp³-hybridized carbons (Fsp3) is 0.125. The molecule has 0 heterocycles. The quantitative estimate of drug-likeness (QED) is 0.400. The maximum Gasteiger partial charge on any atom is 0.306 e. The summed E-state index contributed by atoms with van der Waals surface area (Å²) >= 11 is 3.31. The molecule has 0 radical (unpaired) electrons. The Bertz CT molecular complexity index is 1050. The normalized spacial score (nSPS) is 10.2. The number of carbonyl (C=O) groups excluding carboxylic acids is 3. The SMILES string of the molecule is O=C(CCC(=O)OCC(=O)Nc1ccc(Oc2ccccc2)cc1)Nc1ccc(Br)cc1. The van der Waals surface area contributed by atoms with Crippen LogP contribution in [0.25, 0.3) is 0 Å². The summed E-state index contributed by atoms with van der Waals surface area (Å²) in [6.45, 7) is -0.435. The van der Waals surface area contributed by atoms with Gasteiger partial charge in [-0.3, -0.25) is 14.4 Å². The van der Waals surface area contributed by atoms with Crippen LogP contribution in [0.4, 0.5) is 11.4 Å². The van der Waals surface area contributed by atoms with E-state index < -0.39 is 18.5 Å². The molecule has 3 aromatic carbocycles. The zero-order chi connectivity index (χ0) is 22.8. The molecule has 0 unspecified atom stereocenters. The van der Waals surface area contributed by atoms with Gasteiger partial charge in [-0.1, -0.05) is 34.1 Å². The average Bonchev–Trinajstić information content (AvgIpc) is 2.80. The lowest BCUT2D eigenvalue weighted by Crippen LogP contribution is -2.21. The molecule has 0 aliphatic carbocycles. The van der Waals surface area contributed by atoms with Crippen LogP contribution in [0.2, 0.25) is 0 Å². The van der Waals surface area contributed by atoms with Crippen LogP contribution >= 0.6 is 15.9 Å². The lowest BCUT2D eigenvalue weighted by atomic mass is 10.2. The van der Waals surface area contributed by atoms with Crippen LogP contribution in [0.1, 0.15) is 12.8 Å². The van der Waals surface area contributed by atoms with Crippen LogP contribution in [0.15, 0.2) is 83.3 Å². The molecule has 0 aliphatic heterocycles. The van der Waals surface area contributed by atoms with Gasteiger partial charge in [-0.15, -0.1) is 0 Å². The van der Waals surface area contributed by atoms with Crippen molar-refractivity contribution in [2.45, 2.75) is 12.8 Å². The molecule has 0 aromatic heterocycles. The average molecular weight is 497 g/mol. The first-order chi connectivity index (χ1) is 15.5. The predicted octanol–water partition coefficient (Wildman–Crippen LogP) is 5.14. The van der Waals surface area contributed by atoms with E-state index in [-0.39, 0.29) is 18.7 Å². The Balaban J connectivity index is 1.35. The number of para-hydroxylation sites is 1. The van der Waals surface area contributed by atoms with Crippen molar-refractivity contribution in [3.8, 4) is 11.5 Å². The maximum absolute atomic E-state index is 12.0. The highest BCUT2D eigenvalue weighted by molar-refractivity contribution is 9.10. The van der Waals surface area contributed by atoms with E-state index in [0.29, 0.717) is 22.9 Å². The second-order valence-electron chi connectivity index (χ2n) is 6.70. The molecule has 0 atom stereocenters. The number of hydrogen-bond acceptors (Lipinski definition) is 5. The van der Waals surface area contributed by atoms with Crippen LogP contribution in [-0.2, 0) is 19.1 Å². The van der Waals surface area contributed by atoms with Crippen molar-refractivity contribution in [3.63, 3.8) is 0 Å². The van der Waals surface area contributed by atoms with Crippen LogP contribution in [0, 0.1) is 0 Å². The number of benzene rings is 3. The minimum atomic E-state index is -0.627. The molecule has 0 saturated heterocycles. The van der Waals surface area contributed by atoms with Crippen molar-refractivity contribution >= 4 is 45.1 Å². The summed E-state index contributed by atoms with van der Waals surface area (Å²) in [5.74, 6) is -0.0811. The van der Waals surface area contributed by atoms with Gasteiger partial charge in [-0.2, -0.15) is 0 Å². The van der Waals surface area contributed by atoms with E-state index in [1.165, 1.54) is 0 Å². The highest BCUT2D eigenvalue weighted by atomic mass is 79.9. The second-order valence-corrected chi connectivity index (χ2v) is 7.62. The summed E-state index contributed by atoms with van der Waals surface area (Å²) < 4.78 is 11.5. The number of amides is 2. The molecule has 0 bridgehead atoms. The van der Waals surface area contributed by atoms with Gasteiger partial charge in [0.15, 0.2) is 6.61 Å². The molecule has 3 rings (SSSR count). The fourth-order valence-corrected chi connectivity index (χ4v) is 2.88. The van der Waals surface area contributed by atoms with E-state index in [0.717, 1.165) is 4.47 Å². The molecule has 7 nitrogen and oxygen atoms in total. The molecule has 32 heavy (non-hydrogen) atoms. The first kappa shape index (κ1) is 23.0. The molecular formula is C24H21BrN2O5. The summed E-state index contributed by atoms with van der Waals surface area (Å²) in [6.07, 6.45) is -0.166. The number of halogens is 1. The number of nitrogens with one attached hydrogen (secondary N) is 2. The number of carbonyl (C=O) groups is 3. The third kappa shape index (κ3) is 7.88. The van der Waals surface area contributed by atoms with Gasteiger partial charge >= 0.3 is 5.97 Å². The largest absolute Gasteiger partial charge is 0.457 e. The van der Waals surface area contributed by atoms with E-state index in [9.17, 15) is 14.4 Å². The number of hydrogen-bond donors (Lipinski definition) is 2. The lowest BCUT2D eigenvalue weighted by molar-refractivity contribution is -0.147. The minimum Gasteiger partial charge on any atom is -0.457 e. The fourth-order valence-electron chi connectivity index (χ4n) is 2.62. The molecule has 0 aliphatic rings. The van der Waals surface area contributed by atoms with Crippen molar-refractivity contribution < 1.29 is 23.9 Å². The zero-order valence-corrected chi connectivity index (χ0v) is 18.6. The first-order valence-corrected chi connectivity index (χ1v) is 10.6. The smallest absolute Gasteiger partial charge is 0.306 e. The predicted molar refractivity (Wildman–Crippen MR) is 125 cm³/mol. The molecule has 164 valence electrons. The lowest BCUT2D eigenvalue weighted by Gasteiger charge is -2.09. The van der Waals surface area contributed by atoms with Crippen molar-refractivity contribution in [1.29, 1.82) is 0 Å². The molecule has 3 aromatic rings. The van der Waals surface area contributed by atoms with E-state index in [1.807, 2.05) is 30.3 Å². The molecular weight excluding hydrogens is 476 g/mol. The van der Waals surface area contributed by atoms with Gasteiger partial charge in [0.1, 0.15) is 11.5 Å². The molecule has 2 N–H and O–H groups in total. The van der Waals surface area contributed by atoms with Gasteiger partial charge in [0.2, 0.25) is 5.91 Å². The van der Waals surface area contributed by atoms with Gasteiger partial charge in [-0.25, -0.2) is 0 Å². The van der Waals surface area contributed by atoms with Gasteiger partial charge in [0, 0.05) is 22.3 Å². The zero-order valence-electron chi connectivity index (χ0n) is 17.0. The summed E-state index contributed by atoms with van der Waals surface area (Å²) in [4.78, 5) is 35.7.